The third kappa shape index (κ3) is 8.13. The summed E-state index contributed by atoms with van der Waals surface area (Å²) in [6.45, 7) is 3.97. The monoisotopic (exact) mass is 558 g/mol. The Morgan fingerprint density at radius 1 is 0.950 bits per heavy atom. The number of aromatic nitrogens is 1. The van der Waals surface area contributed by atoms with E-state index in [0.29, 0.717) is 44.8 Å². The Labute approximate surface area is 240 Å². The molecule has 0 spiro atoms. The Hall–Kier alpha value is -3.75. The minimum Gasteiger partial charge on any atom is -0.385 e. The normalized spacial score (nSPS) is 11.0. The molecule has 0 unspecified atom stereocenters. The predicted octanol–water partition coefficient (Wildman–Crippen LogP) is 6.34. The van der Waals surface area contributed by atoms with E-state index in [1.165, 1.54) is 16.5 Å². The molecule has 3 aromatic carbocycles. The number of methoxy groups -OCH3 is 1. The second-order valence-electron chi connectivity index (χ2n) is 9.84. The summed E-state index contributed by atoms with van der Waals surface area (Å²) in [6.07, 6.45) is 5.37. The summed E-state index contributed by atoms with van der Waals surface area (Å²) in [6, 6.07) is 23.8. The summed E-state index contributed by atoms with van der Waals surface area (Å²) in [5.41, 5.74) is 5.18. The standard InChI is InChI=1S/C32H38N4O3S/c1-24-9-11-25(12-10-24)22-35(19-17-26-21-33-30-8-5-4-7-29(26)30)31(37)23-36(18-6-20-39-2)32(38)34-27-13-15-28(40-3)16-14-27/h4-5,7-16,21,33H,6,17-20,22-23H2,1-3H3,(H,34,38). The van der Waals surface area contributed by atoms with Gasteiger partial charge < -0.3 is 24.8 Å². The van der Waals surface area contributed by atoms with Gasteiger partial charge in [0.25, 0.3) is 0 Å². The maximum atomic E-state index is 13.8. The molecular formula is C32H38N4O3S. The number of urea groups is 1. The van der Waals surface area contributed by atoms with Crippen LogP contribution in [0.4, 0.5) is 10.5 Å². The van der Waals surface area contributed by atoms with Crippen molar-refractivity contribution in [2.24, 2.45) is 0 Å². The number of hydrogen-bond acceptors (Lipinski definition) is 4. The smallest absolute Gasteiger partial charge is 0.322 e. The Kier molecular flexibility index (Phi) is 10.7. The van der Waals surface area contributed by atoms with Crippen LogP contribution in [0.5, 0.6) is 0 Å². The van der Waals surface area contributed by atoms with Gasteiger partial charge in [-0.25, -0.2) is 4.79 Å². The average Bonchev–Trinajstić information content (AvgIpc) is 3.39. The molecule has 0 aliphatic rings. The summed E-state index contributed by atoms with van der Waals surface area (Å²) in [5.74, 6) is -0.0919. The molecule has 8 heteroatoms. The van der Waals surface area contributed by atoms with Crippen molar-refractivity contribution in [3.8, 4) is 0 Å². The number of aromatic amines is 1. The first kappa shape index (κ1) is 29.2. The molecule has 0 saturated heterocycles. The van der Waals surface area contributed by atoms with Gasteiger partial charge in [-0.3, -0.25) is 4.79 Å². The number of H-pyrrole nitrogens is 1. The lowest BCUT2D eigenvalue weighted by Gasteiger charge is -2.28. The molecule has 210 valence electrons. The van der Waals surface area contributed by atoms with Crippen molar-refractivity contribution >= 4 is 40.3 Å². The van der Waals surface area contributed by atoms with Gasteiger partial charge in [-0.2, -0.15) is 0 Å². The molecule has 0 radical (unpaired) electrons. The number of fused-ring (bicyclic) bond motifs is 1. The van der Waals surface area contributed by atoms with Crippen molar-refractivity contribution in [1.82, 2.24) is 14.8 Å². The van der Waals surface area contributed by atoms with Crippen molar-refractivity contribution < 1.29 is 14.3 Å². The molecule has 0 fully saturated rings. The van der Waals surface area contributed by atoms with Crippen LogP contribution in [0.3, 0.4) is 0 Å². The number of hydrogen-bond donors (Lipinski definition) is 2. The molecule has 0 bridgehead atoms. The molecule has 1 aromatic heterocycles. The number of nitrogens with zero attached hydrogens (tertiary/aromatic N) is 2. The second kappa shape index (κ2) is 14.6. The lowest BCUT2D eigenvalue weighted by atomic mass is 10.1. The Morgan fingerprint density at radius 3 is 2.42 bits per heavy atom. The molecule has 0 aliphatic heterocycles. The van der Waals surface area contributed by atoms with Crippen molar-refractivity contribution in [3.63, 3.8) is 0 Å². The van der Waals surface area contributed by atoms with E-state index in [9.17, 15) is 9.59 Å². The van der Waals surface area contributed by atoms with E-state index >= 15 is 0 Å². The third-order valence-electron chi connectivity index (χ3n) is 6.90. The van der Waals surface area contributed by atoms with Crippen LogP contribution < -0.4 is 5.32 Å². The van der Waals surface area contributed by atoms with Crippen molar-refractivity contribution in [3.05, 3.63) is 95.7 Å². The molecular weight excluding hydrogens is 520 g/mol. The van der Waals surface area contributed by atoms with E-state index in [-0.39, 0.29) is 18.5 Å². The zero-order valence-corrected chi connectivity index (χ0v) is 24.3. The lowest BCUT2D eigenvalue weighted by molar-refractivity contribution is -0.132. The molecule has 40 heavy (non-hydrogen) atoms. The number of benzene rings is 3. The highest BCUT2D eigenvalue weighted by Crippen LogP contribution is 2.20. The number of anilines is 1. The van der Waals surface area contributed by atoms with Gasteiger partial charge in [-0.15, -0.1) is 11.8 Å². The van der Waals surface area contributed by atoms with Gasteiger partial charge in [0.1, 0.15) is 6.54 Å². The van der Waals surface area contributed by atoms with E-state index in [4.69, 9.17) is 4.74 Å². The number of aryl methyl sites for hydroxylation is 1. The largest absolute Gasteiger partial charge is 0.385 e. The number of amides is 3. The highest BCUT2D eigenvalue weighted by molar-refractivity contribution is 7.98. The van der Waals surface area contributed by atoms with Crippen LogP contribution >= 0.6 is 11.8 Å². The van der Waals surface area contributed by atoms with Gasteiger partial charge in [-0.05, 0) is 67.5 Å². The average molecular weight is 559 g/mol. The number of thioether (sulfide) groups is 1. The van der Waals surface area contributed by atoms with Gasteiger partial charge in [0, 0.05) is 61.0 Å². The highest BCUT2D eigenvalue weighted by atomic mass is 32.2. The topological polar surface area (TPSA) is 77.7 Å². The number of carbonyl (C=O) groups excluding carboxylic acids is 2. The molecule has 1 heterocycles. The van der Waals surface area contributed by atoms with Gasteiger partial charge >= 0.3 is 6.03 Å². The van der Waals surface area contributed by atoms with Crippen LogP contribution in [0.1, 0.15) is 23.1 Å². The number of nitrogens with one attached hydrogen (secondary N) is 2. The maximum absolute atomic E-state index is 13.8. The predicted molar refractivity (Wildman–Crippen MR) is 164 cm³/mol. The van der Waals surface area contributed by atoms with Crippen LogP contribution in [-0.4, -0.2) is 66.3 Å². The number of para-hydroxylation sites is 1. The fourth-order valence-electron chi connectivity index (χ4n) is 4.59. The second-order valence-corrected chi connectivity index (χ2v) is 10.7. The minimum absolute atomic E-state index is 0.0157. The lowest BCUT2D eigenvalue weighted by Crippen LogP contribution is -2.45. The molecule has 0 saturated carbocycles. The van der Waals surface area contributed by atoms with Gasteiger partial charge in [0.2, 0.25) is 5.91 Å². The van der Waals surface area contributed by atoms with Crippen LogP contribution in [0.25, 0.3) is 10.9 Å². The first-order chi connectivity index (χ1) is 19.5. The van der Waals surface area contributed by atoms with E-state index in [1.54, 1.807) is 23.8 Å². The number of rotatable bonds is 13. The van der Waals surface area contributed by atoms with Crippen molar-refractivity contribution in [2.45, 2.75) is 31.2 Å². The summed E-state index contributed by atoms with van der Waals surface area (Å²) in [5, 5.41) is 4.12. The first-order valence-electron chi connectivity index (χ1n) is 13.5. The molecule has 2 N–H and O–H groups in total. The number of ether oxygens (including phenoxy) is 1. The Balaban J connectivity index is 1.50. The Morgan fingerprint density at radius 2 is 1.70 bits per heavy atom. The van der Waals surface area contributed by atoms with Crippen LogP contribution in [0.15, 0.2) is 83.9 Å². The minimum atomic E-state index is -0.298. The molecule has 3 amide bonds. The summed E-state index contributed by atoms with van der Waals surface area (Å²) < 4.78 is 5.21. The van der Waals surface area contributed by atoms with Crippen LogP contribution in [-0.2, 0) is 22.5 Å². The summed E-state index contributed by atoms with van der Waals surface area (Å²) in [7, 11) is 1.64. The Bertz CT molecular complexity index is 1390. The van der Waals surface area contributed by atoms with E-state index in [0.717, 1.165) is 16.0 Å². The quantitative estimate of drug-likeness (QED) is 0.148. The van der Waals surface area contributed by atoms with Crippen LogP contribution in [0.2, 0.25) is 0 Å². The molecule has 4 aromatic rings. The van der Waals surface area contributed by atoms with Gasteiger partial charge in [-0.1, -0.05) is 48.0 Å². The molecule has 4 rings (SSSR count). The maximum Gasteiger partial charge on any atom is 0.322 e. The molecule has 7 nitrogen and oxygen atoms in total. The fourth-order valence-corrected chi connectivity index (χ4v) is 5.00. The van der Waals surface area contributed by atoms with E-state index < -0.39 is 0 Å². The zero-order chi connectivity index (χ0) is 28.3. The third-order valence-corrected chi connectivity index (χ3v) is 7.65. The molecule has 0 atom stereocenters. The van der Waals surface area contributed by atoms with Gasteiger partial charge in [0.15, 0.2) is 0 Å². The highest BCUT2D eigenvalue weighted by Gasteiger charge is 2.22. The summed E-state index contributed by atoms with van der Waals surface area (Å²) in [4.78, 5) is 35.0. The van der Waals surface area contributed by atoms with E-state index in [2.05, 4.69) is 53.6 Å². The zero-order valence-electron chi connectivity index (χ0n) is 23.5. The first-order valence-corrected chi connectivity index (χ1v) is 14.8. The van der Waals surface area contributed by atoms with Gasteiger partial charge in [0.05, 0.1) is 0 Å². The summed E-state index contributed by atoms with van der Waals surface area (Å²) >= 11 is 1.64. The van der Waals surface area contributed by atoms with E-state index in [1.807, 2.05) is 53.8 Å². The van der Waals surface area contributed by atoms with Crippen LogP contribution in [0, 0.1) is 6.92 Å². The molecule has 0 aliphatic carbocycles. The SMILES string of the molecule is COCCCN(CC(=O)N(CCc1c[nH]c2ccccc12)Cc1ccc(C)cc1)C(=O)Nc1ccc(SC)cc1. The van der Waals surface area contributed by atoms with Crippen molar-refractivity contribution in [1.29, 1.82) is 0 Å². The number of carbonyl (C=O) groups is 2. The fraction of sp³-hybridized carbons (Fsp3) is 0.312. The van der Waals surface area contributed by atoms with Crippen molar-refractivity contribution in [2.75, 3.05) is 44.9 Å².